The van der Waals surface area contributed by atoms with Crippen molar-refractivity contribution >= 4 is 18.4 Å². The molecule has 1 fully saturated rings. The molecule has 1 aliphatic rings. The fourth-order valence-corrected chi connectivity index (χ4v) is 2.17. The maximum Gasteiger partial charge on any atom is 0.494 e. The molecule has 0 N–H and O–H groups in total. The Morgan fingerprint density at radius 3 is 2.29 bits per heavy atom. The molecule has 1 saturated heterocycles. The van der Waals surface area contributed by atoms with E-state index in [2.05, 4.69) is 6.58 Å². The lowest BCUT2D eigenvalue weighted by molar-refractivity contribution is -0.114. The van der Waals surface area contributed by atoms with E-state index >= 15 is 0 Å². The molecule has 2 rings (SSSR count). The van der Waals surface area contributed by atoms with Gasteiger partial charge >= 0.3 is 7.12 Å². The van der Waals surface area contributed by atoms with Crippen LogP contribution in [0.4, 0.5) is 0 Å². The summed E-state index contributed by atoms with van der Waals surface area (Å²) in [6.07, 6.45) is 0.364. The molecule has 1 aliphatic heterocycles. The van der Waals surface area contributed by atoms with Crippen LogP contribution in [0.3, 0.4) is 0 Å². The molecule has 1 aromatic rings. The Morgan fingerprint density at radius 1 is 1.19 bits per heavy atom. The van der Waals surface area contributed by atoms with Gasteiger partial charge in [0.05, 0.1) is 11.2 Å². The lowest BCUT2D eigenvalue weighted by Crippen LogP contribution is -2.41. The molecule has 0 unspecified atom stereocenters. The van der Waals surface area contributed by atoms with E-state index in [0.717, 1.165) is 11.0 Å². The Bertz CT molecular complexity index is 559. The second-order valence-electron chi connectivity index (χ2n) is 6.71. The van der Waals surface area contributed by atoms with Gasteiger partial charge in [0.2, 0.25) is 0 Å². The van der Waals surface area contributed by atoms with Crippen LogP contribution < -0.4 is 5.46 Å². The zero-order valence-corrected chi connectivity index (χ0v) is 13.5. The average molecular weight is 286 g/mol. The zero-order chi connectivity index (χ0) is 15.8. The Kier molecular flexibility index (Phi) is 4.14. The minimum Gasteiger partial charge on any atom is -0.399 e. The van der Waals surface area contributed by atoms with Crippen molar-refractivity contribution in [1.29, 1.82) is 0 Å². The quantitative estimate of drug-likeness (QED) is 0.630. The van der Waals surface area contributed by atoms with Crippen LogP contribution in [0.2, 0.25) is 0 Å². The smallest absolute Gasteiger partial charge is 0.399 e. The van der Waals surface area contributed by atoms with Crippen molar-refractivity contribution in [3.63, 3.8) is 0 Å². The van der Waals surface area contributed by atoms with E-state index in [1.54, 1.807) is 6.92 Å². The van der Waals surface area contributed by atoms with Crippen molar-refractivity contribution in [1.82, 2.24) is 0 Å². The van der Waals surface area contributed by atoms with Crippen LogP contribution in [0.1, 0.15) is 40.2 Å². The van der Waals surface area contributed by atoms with Crippen molar-refractivity contribution < 1.29 is 14.1 Å². The van der Waals surface area contributed by atoms with E-state index in [1.807, 2.05) is 52.0 Å². The van der Waals surface area contributed by atoms with Crippen LogP contribution in [-0.2, 0) is 20.5 Å². The van der Waals surface area contributed by atoms with Crippen molar-refractivity contribution in [2.75, 3.05) is 0 Å². The van der Waals surface area contributed by atoms with Gasteiger partial charge in [-0.05, 0) is 51.2 Å². The number of carbonyl (C=O) groups is 1. The molecule has 3 nitrogen and oxygen atoms in total. The number of ketones is 1. The summed E-state index contributed by atoms with van der Waals surface area (Å²) in [7, 11) is -0.394. The molecule has 21 heavy (non-hydrogen) atoms. The van der Waals surface area contributed by atoms with E-state index in [0.29, 0.717) is 12.0 Å². The van der Waals surface area contributed by atoms with Crippen LogP contribution >= 0.6 is 0 Å². The molecule has 0 spiro atoms. The summed E-state index contributed by atoms with van der Waals surface area (Å²) in [5.74, 6) is 0.0565. The van der Waals surface area contributed by atoms with Crippen LogP contribution in [0.25, 0.3) is 0 Å². The number of carbonyl (C=O) groups excluding carboxylic acids is 1. The molecule has 0 saturated carbocycles. The summed E-state index contributed by atoms with van der Waals surface area (Å²) in [5, 5.41) is 0. The highest BCUT2D eigenvalue weighted by Crippen LogP contribution is 2.36. The predicted octanol–water partition coefficient (Wildman–Crippen LogP) is 2.67. The van der Waals surface area contributed by atoms with E-state index in [1.165, 1.54) is 0 Å². The average Bonchev–Trinajstić information content (AvgIpc) is 2.58. The molecule has 1 heterocycles. The number of rotatable bonds is 4. The number of allylic oxidation sites excluding steroid dienone is 1. The Hall–Kier alpha value is -1.39. The maximum absolute atomic E-state index is 11.8. The molecule has 4 heteroatoms. The van der Waals surface area contributed by atoms with Crippen molar-refractivity contribution in [3.8, 4) is 0 Å². The molecule has 112 valence electrons. The third-order valence-corrected chi connectivity index (χ3v) is 4.32. The first-order chi connectivity index (χ1) is 9.62. The fraction of sp³-hybridized carbons (Fsp3) is 0.471. The van der Waals surface area contributed by atoms with Crippen LogP contribution in [0.15, 0.2) is 36.4 Å². The molecule has 0 aliphatic carbocycles. The van der Waals surface area contributed by atoms with Gasteiger partial charge in [-0.15, -0.1) is 0 Å². The zero-order valence-electron chi connectivity index (χ0n) is 13.5. The van der Waals surface area contributed by atoms with Crippen LogP contribution in [-0.4, -0.2) is 24.1 Å². The highest BCUT2D eigenvalue weighted by atomic mass is 16.7. The number of benzene rings is 1. The Labute approximate surface area is 127 Å². The van der Waals surface area contributed by atoms with Crippen molar-refractivity contribution in [2.45, 2.75) is 52.2 Å². The fourth-order valence-electron chi connectivity index (χ4n) is 2.17. The van der Waals surface area contributed by atoms with Crippen LogP contribution in [0.5, 0.6) is 0 Å². The standard InChI is InChI=1S/C17H23BO3/c1-12(2)15(19)11-13-8-7-9-14(10-13)18-20-16(3,4)17(5,6)21-18/h7-10H,1,11H2,2-6H3. The van der Waals surface area contributed by atoms with Gasteiger partial charge in [0.15, 0.2) is 5.78 Å². The SMILES string of the molecule is C=C(C)C(=O)Cc1cccc(B2OC(C)(C)C(C)(C)O2)c1. The molecule has 0 radical (unpaired) electrons. The molecule has 1 aromatic carbocycles. The lowest BCUT2D eigenvalue weighted by atomic mass is 9.78. The normalized spacial score (nSPS) is 19.6. The third-order valence-electron chi connectivity index (χ3n) is 4.32. The van der Waals surface area contributed by atoms with Gasteiger partial charge < -0.3 is 9.31 Å². The van der Waals surface area contributed by atoms with E-state index in [4.69, 9.17) is 9.31 Å². The first-order valence-electron chi connectivity index (χ1n) is 7.25. The van der Waals surface area contributed by atoms with Crippen molar-refractivity contribution in [2.24, 2.45) is 0 Å². The number of hydrogen-bond donors (Lipinski definition) is 0. The second-order valence-corrected chi connectivity index (χ2v) is 6.71. The molecule has 0 bridgehead atoms. The summed E-state index contributed by atoms with van der Waals surface area (Å²) in [6.45, 7) is 13.5. The van der Waals surface area contributed by atoms with E-state index in [9.17, 15) is 4.79 Å². The summed E-state index contributed by atoms with van der Waals surface area (Å²) in [6, 6.07) is 7.82. The van der Waals surface area contributed by atoms with E-state index < -0.39 is 7.12 Å². The third kappa shape index (κ3) is 3.27. The van der Waals surface area contributed by atoms with Crippen molar-refractivity contribution in [3.05, 3.63) is 42.0 Å². The molecule has 0 amide bonds. The highest BCUT2D eigenvalue weighted by Gasteiger charge is 2.51. The number of Topliss-reactive ketones (excluding diaryl/α,β-unsaturated/α-hetero) is 1. The molecular weight excluding hydrogens is 263 g/mol. The molecule has 0 aromatic heterocycles. The van der Waals surface area contributed by atoms with Gasteiger partial charge in [-0.2, -0.15) is 0 Å². The Balaban J connectivity index is 2.19. The minimum atomic E-state index is -0.394. The summed E-state index contributed by atoms with van der Waals surface area (Å²) in [4.78, 5) is 11.8. The van der Waals surface area contributed by atoms with E-state index in [-0.39, 0.29) is 17.0 Å². The predicted molar refractivity (Wildman–Crippen MR) is 85.7 cm³/mol. The first kappa shape index (κ1) is 16.0. The first-order valence-corrected chi connectivity index (χ1v) is 7.25. The second kappa shape index (κ2) is 5.43. The van der Waals surface area contributed by atoms with Gasteiger partial charge in [0.1, 0.15) is 0 Å². The van der Waals surface area contributed by atoms with Crippen LogP contribution in [0, 0.1) is 0 Å². The molecule has 0 atom stereocenters. The van der Waals surface area contributed by atoms with Gasteiger partial charge in [0, 0.05) is 6.42 Å². The van der Waals surface area contributed by atoms with Gasteiger partial charge in [-0.1, -0.05) is 30.8 Å². The summed E-state index contributed by atoms with van der Waals surface area (Å²) < 4.78 is 12.1. The van der Waals surface area contributed by atoms with Gasteiger partial charge in [0.25, 0.3) is 0 Å². The highest BCUT2D eigenvalue weighted by molar-refractivity contribution is 6.62. The van der Waals surface area contributed by atoms with Gasteiger partial charge in [-0.3, -0.25) is 4.79 Å². The maximum atomic E-state index is 11.8. The van der Waals surface area contributed by atoms with Gasteiger partial charge in [-0.25, -0.2) is 0 Å². The monoisotopic (exact) mass is 286 g/mol. The molecular formula is C17H23BO3. The largest absolute Gasteiger partial charge is 0.494 e. The Morgan fingerprint density at radius 2 is 1.76 bits per heavy atom. The number of hydrogen-bond acceptors (Lipinski definition) is 3. The minimum absolute atomic E-state index is 0.0565. The summed E-state index contributed by atoms with van der Waals surface area (Å²) >= 11 is 0. The topological polar surface area (TPSA) is 35.5 Å². The lowest BCUT2D eigenvalue weighted by Gasteiger charge is -2.32. The summed E-state index contributed by atoms with van der Waals surface area (Å²) in [5.41, 5.74) is 1.76.